The minimum atomic E-state index is -0.821. The molecule has 2 N–H and O–H groups in total. The van der Waals surface area contributed by atoms with E-state index in [9.17, 15) is 18.8 Å². The highest BCUT2D eigenvalue weighted by Crippen LogP contribution is 2.30. The number of nitrogens with zero attached hydrogens (tertiary/aromatic N) is 3. The molecule has 4 rings (SSSR count). The van der Waals surface area contributed by atoms with Crippen molar-refractivity contribution in [3.63, 3.8) is 0 Å². The largest absolute Gasteiger partial charge is 0.494 e. The van der Waals surface area contributed by atoms with Crippen molar-refractivity contribution in [3.8, 4) is 17.6 Å². The lowest BCUT2D eigenvalue weighted by Gasteiger charge is -2.25. The normalized spacial score (nSPS) is 15.9. The van der Waals surface area contributed by atoms with Crippen molar-refractivity contribution in [1.82, 2.24) is 25.4 Å². The molecule has 4 amide bonds. The number of imide groups is 1. The average Bonchev–Trinajstić information content (AvgIpc) is 3.20. The molecule has 11 heteroatoms. The van der Waals surface area contributed by atoms with Gasteiger partial charge in [0.25, 0.3) is 5.91 Å². The first-order valence-corrected chi connectivity index (χ1v) is 12.6. The Kier molecular flexibility index (Phi) is 8.40. The van der Waals surface area contributed by atoms with Gasteiger partial charge in [0, 0.05) is 49.4 Å². The second kappa shape index (κ2) is 11.9. The maximum absolute atomic E-state index is 14.7. The van der Waals surface area contributed by atoms with E-state index in [2.05, 4.69) is 27.0 Å². The second-order valence-electron chi connectivity index (χ2n) is 8.29. The van der Waals surface area contributed by atoms with Gasteiger partial charge in [-0.2, -0.15) is 11.8 Å². The smallest absolute Gasteiger partial charge is 0.322 e. The van der Waals surface area contributed by atoms with Crippen molar-refractivity contribution in [1.29, 1.82) is 0 Å². The molecule has 0 unspecified atom stereocenters. The van der Waals surface area contributed by atoms with Gasteiger partial charge in [-0.1, -0.05) is 17.9 Å². The third-order valence-corrected chi connectivity index (χ3v) is 6.82. The van der Waals surface area contributed by atoms with Gasteiger partial charge in [0.05, 0.1) is 24.9 Å². The van der Waals surface area contributed by atoms with E-state index >= 15 is 0 Å². The summed E-state index contributed by atoms with van der Waals surface area (Å²) in [7, 11) is 1.33. The Hall–Kier alpha value is -3.62. The molecule has 1 aromatic carbocycles. The Bertz CT molecular complexity index is 1190. The number of ether oxygens (including phenoxy) is 1. The van der Waals surface area contributed by atoms with Gasteiger partial charge in [-0.05, 0) is 23.8 Å². The van der Waals surface area contributed by atoms with Gasteiger partial charge in [-0.25, -0.2) is 9.18 Å². The van der Waals surface area contributed by atoms with E-state index in [-0.39, 0.29) is 30.8 Å². The van der Waals surface area contributed by atoms with E-state index in [0.717, 1.165) is 36.8 Å². The van der Waals surface area contributed by atoms with E-state index in [1.807, 2.05) is 29.2 Å². The number of urea groups is 1. The Labute approximate surface area is 212 Å². The number of pyridine rings is 1. The summed E-state index contributed by atoms with van der Waals surface area (Å²) in [6.07, 6.45) is 1.92. The van der Waals surface area contributed by atoms with Crippen molar-refractivity contribution in [3.05, 3.63) is 58.7 Å². The van der Waals surface area contributed by atoms with Crippen LogP contribution in [0.3, 0.4) is 0 Å². The third-order valence-electron chi connectivity index (χ3n) is 5.88. The van der Waals surface area contributed by atoms with E-state index in [1.54, 1.807) is 12.3 Å². The van der Waals surface area contributed by atoms with E-state index < -0.39 is 23.8 Å². The number of aromatic nitrogens is 1. The molecular weight excluding hydrogens is 485 g/mol. The monoisotopic (exact) mass is 511 g/mol. The third kappa shape index (κ3) is 6.13. The first-order valence-electron chi connectivity index (χ1n) is 11.4. The number of nitrogens with one attached hydrogen (secondary N) is 2. The van der Waals surface area contributed by atoms with E-state index in [1.165, 1.54) is 18.1 Å². The summed E-state index contributed by atoms with van der Waals surface area (Å²) in [6, 6.07) is 5.31. The number of fused-ring (bicyclic) bond motifs is 1. The summed E-state index contributed by atoms with van der Waals surface area (Å²) in [5.74, 6) is 6.90. The number of amides is 4. The zero-order valence-corrected chi connectivity index (χ0v) is 20.6. The van der Waals surface area contributed by atoms with Crippen LogP contribution in [0.25, 0.3) is 0 Å². The van der Waals surface area contributed by atoms with Crippen LogP contribution in [0.15, 0.2) is 30.5 Å². The van der Waals surface area contributed by atoms with Crippen molar-refractivity contribution in [2.75, 3.05) is 38.2 Å². The van der Waals surface area contributed by atoms with Crippen LogP contribution in [0.2, 0.25) is 0 Å². The average molecular weight is 512 g/mol. The molecule has 0 bridgehead atoms. The minimum absolute atomic E-state index is 0.00691. The maximum atomic E-state index is 14.7. The van der Waals surface area contributed by atoms with Gasteiger partial charge in [0.1, 0.15) is 6.04 Å². The second-order valence-corrected chi connectivity index (χ2v) is 9.51. The fourth-order valence-electron chi connectivity index (χ4n) is 4.05. The van der Waals surface area contributed by atoms with Crippen molar-refractivity contribution in [2.24, 2.45) is 0 Å². The van der Waals surface area contributed by atoms with Gasteiger partial charge < -0.3 is 15.0 Å². The predicted molar refractivity (Wildman–Crippen MR) is 133 cm³/mol. The van der Waals surface area contributed by atoms with Gasteiger partial charge in [-0.15, -0.1) is 0 Å². The highest BCUT2D eigenvalue weighted by Gasteiger charge is 2.33. The zero-order valence-electron chi connectivity index (χ0n) is 19.8. The molecule has 2 aromatic rings. The first-order chi connectivity index (χ1) is 17.5. The van der Waals surface area contributed by atoms with Crippen LogP contribution in [0.4, 0.5) is 9.18 Å². The number of thioether (sulfide) groups is 1. The summed E-state index contributed by atoms with van der Waals surface area (Å²) >= 11 is 1.96. The van der Waals surface area contributed by atoms with Gasteiger partial charge in [-0.3, -0.25) is 24.8 Å². The fraction of sp³-hybridized carbons (Fsp3) is 0.360. The molecule has 1 atom stereocenters. The first kappa shape index (κ1) is 25.5. The molecule has 1 fully saturated rings. The van der Waals surface area contributed by atoms with Crippen LogP contribution in [-0.4, -0.2) is 77.4 Å². The lowest BCUT2D eigenvalue weighted by molar-refractivity contribution is -0.108. The number of benzene rings is 1. The summed E-state index contributed by atoms with van der Waals surface area (Å²) < 4.78 is 19.6. The maximum Gasteiger partial charge on any atom is 0.322 e. The van der Waals surface area contributed by atoms with Crippen molar-refractivity contribution in [2.45, 2.75) is 19.1 Å². The number of hydrogen-bond donors (Lipinski definition) is 2. The minimum Gasteiger partial charge on any atom is -0.494 e. The number of carbonyl (C=O) groups is 3. The lowest BCUT2D eigenvalue weighted by Crippen LogP contribution is -2.46. The van der Waals surface area contributed by atoms with Crippen LogP contribution >= 0.6 is 11.8 Å². The Morgan fingerprint density at radius 3 is 2.81 bits per heavy atom. The van der Waals surface area contributed by atoms with Gasteiger partial charge >= 0.3 is 6.03 Å². The van der Waals surface area contributed by atoms with E-state index in [4.69, 9.17) is 4.74 Å². The lowest BCUT2D eigenvalue weighted by atomic mass is 10.1. The van der Waals surface area contributed by atoms with Crippen LogP contribution in [0.5, 0.6) is 5.75 Å². The van der Waals surface area contributed by atoms with Gasteiger partial charge in [0.2, 0.25) is 6.41 Å². The molecule has 3 heterocycles. The highest BCUT2D eigenvalue weighted by atomic mass is 32.2. The zero-order chi connectivity index (χ0) is 25.5. The molecule has 0 aliphatic carbocycles. The van der Waals surface area contributed by atoms with Gasteiger partial charge in [0.15, 0.2) is 11.6 Å². The summed E-state index contributed by atoms with van der Waals surface area (Å²) in [6.45, 7) is 3.02. The van der Waals surface area contributed by atoms with E-state index in [0.29, 0.717) is 11.1 Å². The van der Waals surface area contributed by atoms with Crippen LogP contribution in [0, 0.1) is 17.7 Å². The molecule has 9 nitrogen and oxygen atoms in total. The summed E-state index contributed by atoms with van der Waals surface area (Å²) in [4.78, 5) is 43.8. The summed E-state index contributed by atoms with van der Waals surface area (Å²) in [5.41, 5.74) is 2.06. The molecule has 0 spiro atoms. The van der Waals surface area contributed by atoms with Crippen molar-refractivity contribution >= 4 is 30.1 Å². The Morgan fingerprint density at radius 2 is 2.11 bits per heavy atom. The molecule has 188 valence electrons. The molecule has 0 saturated carbocycles. The van der Waals surface area contributed by atoms with Crippen LogP contribution in [-0.2, 0) is 17.9 Å². The number of carbonyl (C=O) groups excluding carboxylic acids is 3. The molecular formula is C25H26FN5O4S. The van der Waals surface area contributed by atoms with Crippen LogP contribution in [0.1, 0.15) is 27.2 Å². The topological polar surface area (TPSA) is 104 Å². The quantitative estimate of drug-likeness (QED) is 0.430. The fourth-order valence-corrected chi connectivity index (χ4v) is 5.03. The Morgan fingerprint density at radius 1 is 1.31 bits per heavy atom. The number of rotatable bonds is 7. The number of methoxy groups -OCH3 is 1. The molecule has 36 heavy (non-hydrogen) atoms. The van der Waals surface area contributed by atoms with Crippen LogP contribution < -0.4 is 15.4 Å². The predicted octanol–water partition coefficient (Wildman–Crippen LogP) is 1.61. The Balaban J connectivity index is 1.46. The molecule has 1 aromatic heterocycles. The standard InChI is InChI=1S/C25H26FN5O4S/c1-35-21-7-4-18-13-31(24(33)22(18)23(21)26)15-20(29-25(34)28-16-32)6-3-17-2-5-19(27-12-17)14-30-8-10-36-11-9-30/h2,4-5,7,12,16,20H,8-11,13-15H2,1H3,(H2,28,29,32,34)/t20-/m1/s1. The molecule has 1 saturated heterocycles. The van der Waals surface area contributed by atoms with Crippen molar-refractivity contribution < 1.29 is 23.5 Å². The molecule has 2 aliphatic rings. The highest BCUT2D eigenvalue weighted by molar-refractivity contribution is 7.99. The number of halogens is 1. The molecule has 0 radical (unpaired) electrons. The SMILES string of the molecule is COc1ccc2c(c1F)C(=O)N(C[C@@H](C#Cc1ccc(CN3CCSCC3)nc1)NC(=O)NC=O)C2. The summed E-state index contributed by atoms with van der Waals surface area (Å²) in [5, 5.41) is 4.57. The number of hydrogen-bond acceptors (Lipinski definition) is 7. The molecule has 2 aliphatic heterocycles.